The molecule has 1 amide bonds. The molecule has 1 aromatic carbocycles. The fourth-order valence-electron chi connectivity index (χ4n) is 2.18. The molecule has 1 atom stereocenters. The van der Waals surface area contributed by atoms with Crippen LogP contribution in [0.2, 0.25) is 0 Å². The Morgan fingerprint density at radius 1 is 1.30 bits per heavy atom. The molecule has 1 aliphatic rings. The second-order valence-electron chi connectivity index (χ2n) is 5.00. The lowest BCUT2D eigenvalue weighted by atomic mass is 10.1. The highest BCUT2D eigenvalue weighted by atomic mass is 32.2. The number of carbonyl (C=O) groups excluding carboxylic acids is 1. The largest absolute Gasteiger partial charge is 0.344 e. The predicted octanol–water partition coefficient (Wildman–Crippen LogP) is -0.205. The van der Waals surface area contributed by atoms with E-state index in [0.29, 0.717) is 25.1 Å². The minimum atomic E-state index is -3.52. The first kappa shape index (κ1) is 15.0. The first-order chi connectivity index (χ1) is 9.41. The number of carbonyl (C=O) groups is 1. The number of benzene rings is 1. The number of amides is 1. The van der Waals surface area contributed by atoms with Crippen molar-refractivity contribution >= 4 is 15.9 Å². The van der Waals surface area contributed by atoms with Crippen molar-refractivity contribution in [1.82, 2.24) is 9.62 Å². The van der Waals surface area contributed by atoms with Crippen LogP contribution < -0.4 is 10.5 Å². The van der Waals surface area contributed by atoms with Gasteiger partial charge in [-0.3, -0.25) is 4.79 Å². The Morgan fingerprint density at radius 3 is 2.40 bits per heavy atom. The molecule has 0 aromatic heterocycles. The van der Waals surface area contributed by atoms with Gasteiger partial charge in [-0.05, 0) is 17.5 Å². The molecule has 110 valence electrons. The Balaban J connectivity index is 2.01. The second-order valence-corrected chi connectivity index (χ2v) is 6.75. The van der Waals surface area contributed by atoms with Gasteiger partial charge in [-0.25, -0.2) is 13.1 Å². The van der Waals surface area contributed by atoms with Gasteiger partial charge in [-0.1, -0.05) is 24.3 Å². The highest BCUT2D eigenvalue weighted by Crippen LogP contribution is 2.12. The van der Waals surface area contributed by atoms with E-state index in [-0.39, 0.29) is 11.7 Å². The molecule has 1 fully saturated rings. The molecule has 0 aliphatic carbocycles. The molecule has 3 N–H and O–H groups in total. The summed E-state index contributed by atoms with van der Waals surface area (Å²) < 4.78 is 26.6. The smallest absolute Gasteiger partial charge is 0.240 e. The van der Waals surface area contributed by atoms with Gasteiger partial charge >= 0.3 is 0 Å². The van der Waals surface area contributed by atoms with Crippen molar-refractivity contribution in [2.24, 2.45) is 5.73 Å². The summed E-state index contributed by atoms with van der Waals surface area (Å²) in [7, 11) is -1.85. The molecule has 0 radical (unpaired) electrons. The lowest BCUT2D eigenvalue weighted by Crippen LogP contribution is -2.41. The minimum Gasteiger partial charge on any atom is -0.344 e. The maximum absolute atomic E-state index is 12.1. The van der Waals surface area contributed by atoms with Gasteiger partial charge < -0.3 is 10.6 Å². The van der Waals surface area contributed by atoms with E-state index in [1.165, 1.54) is 4.90 Å². The summed E-state index contributed by atoms with van der Waals surface area (Å²) in [5.74, 6) is -0.308. The van der Waals surface area contributed by atoms with Gasteiger partial charge in [0.15, 0.2) is 0 Å². The van der Waals surface area contributed by atoms with E-state index in [0.717, 1.165) is 5.56 Å². The normalized spacial score (nSPS) is 19.6. The van der Waals surface area contributed by atoms with Gasteiger partial charge in [0.1, 0.15) is 6.04 Å². The predicted molar refractivity (Wildman–Crippen MR) is 76.1 cm³/mol. The van der Waals surface area contributed by atoms with Crippen LogP contribution in [-0.4, -0.2) is 38.9 Å². The van der Waals surface area contributed by atoms with Crippen molar-refractivity contribution in [3.8, 4) is 0 Å². The molecule has 1 aliphatic heterocycles. The van der Waals surface area contributed by atoms with E-state index in [4.69, 9.17) is 5.73 Å². The zero-order valence-electron chi connectivity index (χ0n) is 11.4. The summed E-state index contributed by atoms with van der Waals surface area (Å²) in [4.78, 5) is 13.2. The topological polar surface area (TPSA) is 92.5 Å². The van der Waals surface area contributed by atoms with Crippen LogP contribution in [0.5, 0.6) is 0 Å². The van der Waals surface area contributed by atoms with Crippen LogP contribution in [0.4, 0.5) is 0 Å². The van der Waals surface area contributed by atoms with E-state index in [1.807, 2.05) is 0 Å². The maximum Gasteiger partial charge on any atom is 0.240 e. The number of nitrogens with two attached hydrogens (primary N) is 1. The van der Waals surface area contributed by atoms with Gasteiger partial charge in [0.05, 0.1) is 5.75 Å². The second kappa shape index (κ2) is 5.90. The fourth-order valence-corrected chi connectivity index (χ4v) is 3.55. The van der Waals surface area contributed by atoms with Gasteiger partial charge in [-0.15, -0.1) is 0 Å². The molecule has 7 heteroatoms. The molecule has 0 spiro atoms. The van der Waals surface area contributed by atoms with Crippen molar-refractivity contribution < 1.29 is 13.2 Å². The number of nitrogens with zero attached hydrogens (tertiary/aromatic N) is 1. The van der Waals surface area contributed by atoms with Crippen LogP contribution in [0, 0.1) is 0 Å². The first-order valence-electron chi connectivity index (χ1n) is 6.44. The summed E-state index contributed by atoms with van der Waals surface area (Å²) in [6.07, 6.45) is 0.515. The highest BCUT2D eigenvalue weighted by Gasteiger charge is 2.32. The molecule has 0 saturated carbocycles. The third kappa shape index (κ3) is 3.56. The standard InChI is InChI=1S/C13H19N3O3S/c1-16-7-6-12(13(16)17)15-20(18,19)9-11-4-2-10(8-14)3-5-11/h2-5,12,15H,6-9,14H2,1H3. The molecular weight excluding hydrogens is 278 g/mol. The first-order valence-corrected chi connectivity index (χ1v) is 8.09. The fraction of sp³-hybridized carbons (Fsp3) is 0.462. The number of sulfonamides is 1. The summed E-state index contributed by atoms with van der Waals surface area (Å²) in [6, 6.07) is 6.46. The Bertz CT molecular complexity index is 583. The lowest BCUT2D eigenvalue weighted by Gasteiger charge is -2.12. The number of hydrogen-bond donors (Lipinski definition) is 2. The summed E-state index contributed by atoms with van der Waals surface area (Å²) in [6.45, 7) is 1.01. The molecule has 1 unspecified atom stereocenters. The summed E-state index contributed by atoms with van der Waals surface area (Å²) in [5, 5.41) is 0. The third-order valence-corrected chi connectivity index (χ3v) is 4.72. The van der Waals surface area contributed by atoms with Crippen LogP contribution in [0.1, 0.15) is 17.5 Å². The number of likely N-dealkylation sites (N-methyl/N-ethyl adjacent to an activating group) is 1. The molecule has 2 rings (SSSR count). The average Bonchev–Trinajstić information content (AvgIpc) is 2.71. The molecule has 1 saturated heterocycles. The Morgan fingerprint density at radius 2 is 1.90 bits per heavy atom. The van der Waals surface area contributed by atoms with E-state index >= 15 is 0 Å². The van der Waals surface area contributed by atoms with Crippen molar-refractivity contribution in [2.45, 2.75) is 24.8 Å². The number of rotatable bonds is 5. The van der Waals surface area contributed by atoms with Crippen molar-refractivity contribution in [1.29, 1.82) is 0 Å². The quantitative estimate of drug-likeness (QED) is 0.787. The van der Waals surface area contributed by atoms with Gasteiger partial charge in [0.2, 0.25) is 15.9 Å². The number of hydrogen-bond acceptors (Lipinski definition) is 4. The molecule has 6 nitrogen and oxygen atoms in total. The molecular formula is C13H19N3O3S. The Kier molecular flexibility index (Phi) is 4.42. The van der Waals surface area contributed by atoms with Crippen LogP contribution >= 0.6 is 0 Å². The van der Waals surface area contributed by atoms with E-state index < -0.39 is 16.1 Å². The summed E-state index contributed by atoms with van der Waals surface area (Å²) >= 11 is 0. The number of nitrogens with one attached hydrogen (secondary N) is 1. The third-order valence-electron chi connectivity index (χ3n) is 3.36. The zero-order valence-corrected chi connectivity index (χ0v) is 12.2. The zero-order chi connectivity index (χ0) is 14.8. The number of likely N-dealkylation sites (tertiary alicyclic amines) is 1. The van der Waals surface area contributed by atoms with E-state index in [9.17, 15) is 13.2 Å². The minimum absolute atomic E-state index is 0.134. The SMILES string of the molecule is CN1CCC(NS(=O)(=O)Cc2ccc(CN)cc2)C1=O. The summed E-state index contributed by atoms with van der Waals surface area (Å²) in [5.41, 5.74) is 7.12. The van der Waals surface area contributed by atoms with Crippen LogP contribution in [0.25, 0.3) is 0 Å². The van der Waals surface area contributed by atoms with Crippen molar-refractivity contribution in [2.75, 3.05) is 13.6 Å². The molecule has 1 heterocycles. The average molecular weight is 297 g/mol. The van der Waals surface area contributed by atoms with Gasteiger partial charge in [0.25, 0.3) is 0 Å². The lowest BCUT2D eigenvalue weighted by molar-refractivity contribution is -0.127. The van der Waals surface area contributed by atoms with Crippen molar-refractivity contribution in [3.63, 3.8) is 0 Å². The van der Waals surface area contributed by atoms with Crippen LogP contribution in [-0.2, 0) is 27.1 Å². The monoisotopic (exact) mass is 297 g/mol. The van der Waals surface area contributed by atoms with E-state index in [2.05, 4.69) is 4.72 Å². The van der Waals surface area contributed by atoms with E-state index in [1.54, 1.807) is 31.3 Å². The highest BCUT2D eigenvalue weighted by molar-refractivity contribution is 7.88. The van der Waals surface area contributed by atoms with Gasteiger partial charge in [0, 0.05) is 20.1 Å². The van der Waals surface area contributed by atoms with Crippen LogP contribution in [0.15, 0.2) is 24.3 Å². The van der Waals surface area contributed by atoms with Gasteiger partial charge in [-0.2, -0.15) is 0 Å². The Hall–Kier alpha value is -1.44. The van der Waals surface area contributed by atoms with Crippen LogP contribution in [0.3, 0.4) is 0 Å². The maximum atomic E-state index is 12.1. The van der Waals surface area contributed by atoms with Crippen molar-refractivity contribution in [3.05, 3.63) is 35.4 Å². The molecule has 20 heavy (non-hydrogen) atoms. The molecule has 0 bridgehead atoms. The Labute approximate surface area is 119 Å². The molecule has 1 aromatic rings.